The van der Waals surface area contributed by atoms with E-state index >= 15 is 0 Å². The average Bonchev–Trinajstić information content (AvgIpc) is 2.73. The van der Waals surface area contributed by atoms with Crippen molar-refractivity contribution in [1.29, 1.82) is 0 Å². The summed E-state index contributed by atoms with van der Waals surface area (Å²) in [5.74, 6) is -1.81. The molecule has 7 heteroatoms. The Labute approximate surface area is 185 Å². The molecule has 1 aromatic rings. The first-order valence-electron chi connectivity index (χ1n) is 11.4. The summed E-state index contributed by atoms with van der Waals surface area (Å²) < 4.78 is 0. The molecular formula is C24H38N2O5. The number of carboxylic acid groups (broad SMARTS) is 1. The van der Waals surface area contributed by atoms with Crippen molar-refractivity contribution in [2.24, 2.45) is 0 Å². The summed E-state index contributed by atoms with van der Waals surface area (Å²) >= 11 is 0. The van der Waals surface area contributed by atoms with Crippen LogP contribution in [0.25, 0.3) is 0 Å². The Morgan fingerprint density at radius 3 is 1.97 bits per heavy atom. The predicted octanol–water partition coefficient (Wildman–Crippen LogP) is 3.93. The Kier molecular flexibility index (Phi) is 13.0. The van der Waals surface area contributed by atoms with Gasteiger partial charge < -0.3 is 20.8 Å². The molecule has 0 aliphatic carbocycles. The van der Waals surface area contributed by atoms with E-state index in [4.69, 9.17) is 0 Å². The van der Waals surface area contributed by atoms with Gasteiger partial charge in [-0.25, -0.2) is 4.79 Å². The van der Waals surface area contributed by atoms with Crippen molar-refractivity contribution in [1.82, 2.24) is 10.6 Å². The van der Waals surface area contributed by atoms with Crippen LogP contribution >= 0.6 is 0 Å². The highest BCUT2D eigenvalue weighted by molar-refractivity contribution is 5.90. The van der Waals surface area contributed by atoms with E-state index in [0.29, 0.717) is 12.0 Å². The van der Waals surface area contributed by atoms with Gasteiger partial charge in [0.05, 0.1) is 0 Å². The van der Waals surface area contributed by atoms with Crippen LogP contribution in [-0.4, -0.2) is 40.1 Å². The summed E-state index contributed by atoms with van der Waals surface area (Å²) in [6.07, 6.45) is 10.9. The fourth-order valence-corrected chi connectivity index (χ4v) is 3.34. The standard InChI is InChI=1S/C24H38N2O5/c1-3-4-5-6-7-8-9-10-11-12-22(28)25-18(2)23(29)26-21(24(30)31)17-19-13-15-20(27)16-14-19/h13-16,18,21,27H,3-12,17H2,1-2H3,(H,25,28)(H,26,29)(H,30,31)/t18-,21-/m0/s1. The Balaban J connectivity index is 2.28. The molecule has 174 valence electrons. The number of carbonyl (C=O) groups excluding carboxylic acids is 2. The number of benzene rings is 1. The van der Waals surface area contributed by atoms with Crippen molar-refractivity contribution in [3.8, 4) is 5.75 Å². The lowest BCUT2D eigenvalue weighted by Gasteiger charge is -2.19. The summed E-state index contributed by atoms with van der Waals surface area (Å²) in [5.41, 5.74) is 0.674. The zero-order valence-electron chi connectivity index (χ0n) is 18.9. The van der Waals surface area contributed by atoms with Crippen LogP contribution in [0.4, 0.5) is 0 Å². The molecule has 0 saturated heterocycles. The molecule has 7 nitrogen and oxygen atoms in total. The number of hydrogen-bond acceptors (Lipinski definition) is 4. The fraction of sp³-hybridized carbons (Fsp3) is 0.625. The topological polar surface area (TPSA) is 116 Å². The molecular weight excluding hydrogens is 396 g/mol. The lowest BCUT2D eigenvalue weighted by Crippen LogP contribution is -2.51. The number of aliphatic carboxylic acids is 1. The fourth-order valence-electron chi connectivity index (χ4n) is 3.34. The van der Waals surface area contributed by atoms with Crippen molar-refractivity contribution >= 4 is 17.8 Å². The molecule has 1 aromatic carbocycles. The van der Waals surface area contributed by atoms with Crippen LogP contribution in [0.1, 0.15) is 83.6 Å². The minimum atomic E-state index is -1.16. The first kappa shape index (κ1) is 26.5. The van der Waals surface area contributed by atoms with Gasteiger partial charge in [-0.2, -0.15) is 0 Å². The van der Waals surface area contributed by atoms with E-state index in [9.17, 15) is 24.6 Å². The highest BCUT2D eigenvalue weighted by Crippen LogP contribution is 2.12. The van der Waals surface area contributed by atoms with Crippen molar-refractivity contribution in [3.63, 3.8) is 0 Å². The maximum Gasteiger partial charge on any atom is 0.326 e. The second kappa shape index (κ2) is 15.3. The molecule has 31 heavy (non-hydrogen) atoms. The molecule has 0 aliphatic rings. The van der Waals surface area contributed by atoms with Crippen LogP contribution in [-0.2, 0) is 20.8 Å². The zero-order chi connectivity index (χ0) is 23.1. The number of unbranched alkanes of at least 4 members (excludes halogenated alkanes) is 8. The second-order valence-electron chi connectivity index (χ2n) is 8.14. The molecule has 2 atom stereocenters. The monoisotopic (exact) mass is 434 g/mol. The number of phenols is 1. The Morgan fingerprint density at radius 1 is 0.871 bits per heavy atom. The van der Waals surface area contributed by atoms with Gasteiger partial charge in [0.1, 0.15) is 17.8 Å². The van der Waals surface area contributed by atoms with Crippen LogP contribution in [0.2, 0.25) is 0 Å². The molecule has 0 bridgehead atoms. The quantitative estimate of drug-likeness (QED) is 0.294. The first-order chi connectivity index (χ1) is 14.8. The molecule has 0 heterocycles. The summed E-state index contributed by atoms with van der Waals surface area (Å²) in [6.45, 7) is 3.75. The minimum Gasteiger partial charge on any atom is -0.508 e. The maximum absolute atomic E-state index is 12.3. The van der Waals surface area contributed by atoms with Gasteiger partial charge in [0, 0.05) is 12.8 Å². The van der Waals surface area contributed by atoms with Gasteiger partial charge in [0.25, 0.3) is 0 Å². The first-order valence-corrected chi connectivity index (χ1v) is 11.4. The zero-order valence-corrected chi connectivity index (χ0v) is 18.9. The highest BCUT2D eigenvalue weighted by atomic mass is 16.4. The molecule has 0 unspecified atom stereocenters. The van der Waals surface area contributed by atoms with Crippen molar-refractivity contribution in [2.75, 3.05) is 0 Å². The van der Waals surface area contributed by atoms with Gasteiger partial charge in [-0.3, -0.25) is 9.59 Å². The van der Waals surface area contributed by atoms with Crippen molar-refractivity contribution in [2.45, 2.75) is 96.6 Å². The number of rotatable bonds is 16. The van der Waals surface area contributed by atoms with Crippen molar-refractivity contribution < 1.29 is 24.6 Å². The minimum absolute atomic E-state index is 0.0838. The molecule has 0 spiro atoms. The summed E-state index contributed by atoms with van der Waals surface area (Å²) in [6, 6.07) is 4.21. The maximum atomic E-state index is 12.3. The molecule has 0 aliphatic heterocycles. The van der Waals surface area contributed by atoms with E-state index in [2.05, 4.69) is 17.6 Å². The summed E-state index contributed by atoms with van der Waals surface area (Å²) in [4.78, 5) is 35.9. The van der Waals surface area contributed by atoms with Crippen LogP contribution in [0.15, 0.2) is 24.3 Å². The van der Waals surface area contributed by atoms with Gasteiger partial charge in [0.15, 0.2) is 0 Å². The third-order valence-corrected chi connectivity index (χ3v) is 5.27. The number of phenolic OH excluding ortho intramolecular Hbond substituents is 1. The predicted molar refractivity (Wildman–Crippen MR) is 121 cm³/mol. The Hall–Kier alpha value is -2.57. The van der Waals surface area contributed by atoms with E-state index in [1.165, 1.54) is 50.7 Å². The van der Waals surface area contributed by atoms with E-state index in [0.717, 1.165) is 19.3 Å². The molecule has 4 N–H and O–H groups in total. The van der Waals surface area contributed by atoms with Crippen LogP contribution < -0.4 is 10.6 Å². The van der Waals surface area contributed by atoms with Crippen LogP contribution in [0.5, 0.6) is 5.75 Å². The normalized spacial score (nSPS) is 12.7. The third kappa shape index (κ3) is 12.0. The lowest BCUT2D eigenvalue weighted by atomic mass is 10.1. The second-order valence-corrected chi connectivity index (χ2v) is 8.14. The summed E-state index contributed by atoms with van der Waals surface area (Å²) in [7, 11) is 0. The van der Waals surface area contributed by atoms with Crippen LogP contribution in [0, 0.1) is 0 Å². The molecule has 0 fully saturated rings. The average molecular weight is 435 g/mol. The number of carbonyl (C=O) groups is 3. The highest BCUT2D eigenvalue weighted by Gasteiger charge is 2.24. The van der Waals surface area contributed by atoms with Gasteiger partial charge in [0.2, 0.25) is 11.8 Å². The molecule has 0 aromatic heterocycles. The van der Waals surface area contributed by atoms with Gasteiger partial charge in [-0.15, -0.1) is 0 Å². The molecule has 0 radical (unpaired) electrons. The summed E-state index contributed by atoms with van der Waals surface area (Å²) in [5, 5.41) is 23.8. The van der Waals surface area contributed by atoms with Crippen LogP contribution in [0.3, 0.4) is 0 Å². The number of carboxylic acids is 1. The van der Waals surface area contributed by atoms with Crippen molar-refractivity contribution in [3.05, 3.63) is 29.8 Å². The van der Waals surface area contributed by atoms with E-state index in [1.54, 1.807) is 19.1 Å². The SMILES string of the molecule is CCCCCCCCCCCC(=O)N[C@@H](C)C(=O)N[C@@H](Cc1ccc(O)cc1)C(=O)O. The van der Waals surface area contributed by atoms with E-state index < -0.39 is 24.0 Å². The number of aromatic hydroxyl groups is 1. The van der Waals surface area contributed by atoms with Gasteiger partial charge >= 0.3 is 5.97 Å². The van der Waals surface area contributed by atoms with Gasteiger partial charge in [-0.05, 0) is 31.0 Å². The molecule has 1 rings (SSSR count). The number of hydrogen-bond donors (Lipinski definition) is 4. The largest absolute Gasteiger partial charge is 0.508 e. The molecule has 0 saturated carbocycles. The lowest BCUT2D eigenvalue weighted by molar-refractivity contribution is -0.142. The Bertz CT molecular complexity index is 675. The van der Waals surface area contributed by atoms with E-state index in [1.807, 2.05) is 0 Å². The van der Waals surface area contributed by atoms with E-state index in [-0.39, 0.29) is 18.1 Å². The smallest absolute Gasteiger partial charge is 0.326 e. The molecule has 2 amide bonds. The third-order valence-electron chi connectivity index (χ3n) is 5.27. The van der Waals surface area contributed by atoms with Gasteiger partial charge in [-0.1, -0.05) is 70.4 Å². The Morgan fingerprint density at radius 2 is 1.42 bits per heavy atom. The number of nitrogens with one attached hydrogen (secondary N) is 2. The number of amides is 2.